The molecule has 0 spiro atoms. The summed E-state index contributed by atoms with van der Waals surface area (Å²) in [4.78, 5) is 16.6. The average molecular weight is 279 g/mol. The Kier molecular flexibility index (Phi) is 4.73. The van der Waals surface area contributed by atoms with E-state index >= 15 is 0 Å². The number of hydrogen-bond donors (Lipinski definition) is 2. The number of nitrogen functional groups attached to an aromatic ring is 1. The van der Waals surface area contributed by atoms with Gasteiger partial charge in [-0.1, -0.05) is 6.92 Å². The molecule has 1 unspecified atom stereocenters. The predicted molar refractivity (Wildman–Crippen MR) is 78.6 cm³/mol. The van der Waals surface area contributed by atoms with Gasteiger partial charge in [0, 0.05) is 19.2 Å². The molecule has 2 heterocycles. The standard InChI is InChI=1S/C13H21N5O2/c1-10(9-17-6-2-3-7-17)8-15-12-5-4-11(18(19)20)13(14)16-12/h4-5,10H,2-3,6-9H2,1H3,(H3,14,15,16). The van der Waals surface area contributed by atoms with Gasteiger partial charge in [-0.2, -0.15) is 0 Å². The van der Waals surface area contributed by atoms with E-state index in [1.807, 2.05) is 0 Å². The molecule has 0 aliphatic carbocycles. The molecule has 0 amide bonds. The van der Waals surface area contributed by atoms with Gasteiger partial charge >= 0.3 is 5.69 Å². The highest BCUT2D eigenvalue weighted by molar-refractivity contribution is 5.57. The smallest absolute Gasteiger partial charge is 0.311 e. The van der Waals surface area contributed by atoms with Crippen molar-refractivity contribution < 1.29 is 4.92 Å². The number of nitrogens with two attached hydrogens (primary N) is 1. The number of hydrogen-bond acceptors (Lipinski definition) is 6. The van der Waals surface area contributed by atoms with Crippen molar-refractivity contribution in [3.05, 3.63) is 22.2 Å². The molecule has 0 saturated carbocycles. The van der Waals surface area contributed by atoms with Gasteiger partial charge in [-0.05, 0) is 37.9 Å². The molecule has 1 aromatic rings. The van der Waals surface area contributed by atoms with E-state index in [0.29, 0.717) is 11.7 Å². The summed E-state index contributed by atoms with van der Waals surface area (Å²) in [5.74, 6) is 1.03. The van der Waals surface area contributed by atoms with Gasteiger partial charge in [0.25, 0.3) is 0 Å². The zero-order chi connectivity index (χ0) is 14.5. The van der Waals surface area contributed by atoms with Crippen LogP contribution in [0, 0.1) is 16.0 Å². The Morgan fingerprint density at radius 1 is 1.50 bits per heavy atom. The molecule has 0 aromatic carbocycles. The quantitative estimate of drug-likeness (QED) is 0.608. The third-order valence-electron chi connectivity index (χ3n) is 3.50. The maximum absolute atomic E-state index is 10.7. The maximum atomic E-state index is 10.7. The molecule has 0 radical (unpaired) electrons. The van der Waals surface area contributed by atoms with Crippen LogP contribution in [0.3, 0.4) is 0 Å². The van der Waals surface area contributed by atoms with Crippen LogP contribution in [0.25, 0.3) is 0 Å². The van der Waals surface area contributed by atoms with Crippen LogP contribution in [0.1, 0.15) is 19.8 Å². The second-order valence-corrected chi connectivity index (χ2v) is 5.35. The van der Waals surface area contributed by atoms with E-state index in [0.717, 1.165) is 13.1 Å². The first kappa shape index (κ1) is 14.5. The Bertz CT molecular complexity index is 474. The molecule has 2 rings (SSSR count). The SMILES string of the molecule is CC(CNc1ccc([N+](=O)[O-])c(N)n1)CN1CCCC1. The fraction of sp³-hybridized carbons (Fsp3) is 0.615. The molecule has 0 bridgehead atoms. The molecule has 1 aliphatic rings. The fourth-order valence-corrected chi connectivity index (χ4v) is 2.47. The van der Waals surface area contributed by atoms with E-state index in [4.69, 9.17) is 5.73 Å². The maximum Gasteiger partial charge on any atom is 0.311 e. The molecular weight excluding hydrogens is 258 g/mol. The molecule has 20 heavy (non-hydrogen) atoms. The van der Waals surface area contributed by atoms with Crippen LogP contribution in [-0.4, -0.2) is 41.0 Å². The van der Waals surface area contributed by atoms with Crippen molar-refractivity contribution in [3.63, 3.8) is 0 Å². The minimum absolute atomic E-state index is 0.0489. The number of rotatable bonds is 6. The highest BCUT2D eigenvalue weighted by Gasteiger charge is 2.15. The first-order valence-electron chi connectivity index (χ1n) is 6.93. The van der Waals surface area contributed by atoms with Crippen LogP contribution in [0.4, 0.5) is 17.3 Å². The van der Waals surface area contributed by atoms with Gasteiger partial charge in [0.1, 0.15) is 5.82 Å². The summed E-state index contributed by atoms with van der Waals surface area (Å²) in [7, 11) is 0. The normalized spacial score (nSPS) is 17.1. The van der Waals surface area contributed by atoms with Crippen LogP contribution in [0.5, 0.6) is 0 Å². The Hall–Kier alpha value is -1.89. The predicted octanol–water partition coefficient (Wildman–Crippen LogP) is 1.72. The van der Waals surface area contributed by atoms with Crippen molar-refractivity contribution in [3.8, 4) is 0 Å². The molecule has 3 N–H and O–H groups in total. The first-order chi connectivity index (χ1) is 9.56. The minimum atomic E-state index is -0.526. The summed E-state index contributed by atoms with van der Waals surface area (Å²) in [5.41, 5.74) is 5.41. The van der Waals surface area contributed by atoms with Crippen LogP contribution >= 0.6 is 0 Å². The van der Waals surface area contributed by atoms with E-state index in [1.54, 1.807) is 6.07 Å². The van der Waals surface area contributed by atoms with Crippen molar-refractivity contribution in [2.75, 3.05) is 37.2 Å². The van der Waals surface area contributed by atoms with E-state index in [-0.39, 0.29) is 11.5 Å². The van der Waals surface area contributed by atoms with Gasteiger partial charge in [0.05, 0.1) is 4.92 Å². The van der Waals surface area contributed by atoms with E-state index in [9.17, 15) is 10.1 Å². The van der Waals surface area contributed by atoms with Crippen LogP contribution < -0.4 is 11.1 Å². The Labute approximate surface area is 118 Å². The molecular formula is C13H21N5O2. The lowest BCUT2D eigenvalue weighted by Gasteiger charge is -2.20. The lowest BCUT2D eigenvalue weighted by molar-refractivity contribution is -0.384. The zero-order valence-corrected chi connectivity index (χ0v) is 11.7. The average Bonchev–Trinajstić information content (AvgIpc) is 2.89. The number of pyridine rings is 1. The monoisotopic (exact) mass is 279 g/mol. The second kappa shape index (κ2) is 6.51. The summed E-state index contributed by atoms with van der Waals surface area (Å²) < 4.78 is 0. The Balaban J connectivity index is 1.84. The highest BCUT2D eigenvalue weighted by atomic mass is 16.6. The lowest BCUT2D eigenvalue weighted by Crippen LogP contribution is -2.29. The number of anilines is 2. The summed E-state index contributed by atoms with van der Waals surface area (Å²) in [6, 6.07) is 2.98. The topological polar surface area (TPSA) is 97.3 Å². The van der Waals surface area contributed by atoms with E-state index in [1.165, 1.54) is 32.0 Å². The van der Waals surface area contributed by atoms with Gasteiger partial charge in [0.15, 0.2) is 0 Å². The van der Waals surface area contributed by atoms with Crippen LogP contribution in [0.2, 0.25) is 0 Å². The highest BCUT2D eigenvalue weighted by Crippen LogP contribution is 2.20. The molecule has 7 nitrogen and oxygen atoms in total. The van der Waals surface area contributed by atoms with Gasteiger partial charge in [-0.25, -0.2) is 4.98 Å². The van der Waals surface area contributed by atoms with Gasteiger partial charge in [-0.3, -0.25) is 10.1 Å². The number of likely N-dealkylation sites (tertiary alicyclic amines) is 1. The number of nitrogens with one attached hydrogen (secondary N) is 1. The fourth-order valence-electron chi connectivity index (χ4n) is 2.47. The minimum Gasteiger partial charge on any atom is -0.378 e. The molecule has 1 fully saturated rings. The summed E-state index contributed by atoms with van der Waals surface area (Å²) in [5, 5.41) is 13.8. The van der Waals surface area contributed by atoms with E-state index in [2.05, 4.69) is 22.1 Å². The third kappa shape index (κ3) is 3.80. The van der Waals surface area contributed by atoms with Crippen molar-refractivity contribution in [1.29, 1.82) is 0 Å². The number of nitrogens with zero attached hydrogens (tertiary/aromatic N) is 3. The van der Waals surface area contributed by atoms with Crippen molar-refractivity contribution in [2.24, 2.45) is 5.92 Å². The van der Waals surface area contributed by atoms with E-state index < -0.39 is 4.92 Å². The lowest BCUT2D eigenvalue weighted by atomic mass is 10.1. The molecule has 1 aromatic heterocycles. The van der Waals surface area contributed by atoms with Gasteiger partial charge < -0.3 is 16.0 Å². The van der Waals surface area contributed by atoms with Crippen LogP contribution in [-0.2, 0) is 0 Å². The third-order valence-corrected chi connectivity index (χ3v) is 3.50. The second-order valence-electron chi connectivity index (χ2n) is 5.35. The number of aromatic nitrogens is 1. The molecule has 1 aliphatic heterocycles. The van der Waals surface area contributed by atoms with Crippen molar-refractivity contribution in [1.82, 2.24) is 9.88 Å². The summed E-state index contributed by atoms with van der Waals surface area (Å²) >= 11 is 0. The van der Waals surface area contributed by atoms with Crippen LogP contribution in [0.15, 0.2) is 12.1 Å². The largest absolute Gasteiger partial charge is 0.378 e. The summed E-state index contributed by atoms with van der Waals surface area (Å²) in [6.45, 7) is 6.40. The molecule has 110 valence electrons. The molecule has 7 heteroatoms. The van der Waals surface area contributed by atoms with Gasteiger partial charge in [0.2, 0.25) is 5.82 Å². The van der Waals surface area contributed by atoms with Gasteiger partial charge in [-0.15, -0.1) is 0 Å². The van der Waals surface area contributed by atoms with Crippen molar-refractivity contribution >= 4 is 17.3 Å². The van der Waals surface area contributed by atoms with Crippen molar-refractivity contribution in [2.45, 2.75) is 19.8 Å². The number of nitro groups is 1. The summed E-state index contributed by atoms with van der Waals surface area (Å²) in [6.07, 6.45) is 2.58. The molecule has 1 atom stereocenters. The Morgan fingerprint density at radius 2 is 2.20 bits per heavy atom. The first-order valence-corrected chi connectivity index (χ1v) is 6.93. The molecule has 1 saturated heterocycles. The Morgan fingerprint density at radius 3 is 2.80 bits per heavy atom. The zero-order valence-electron chi connectivity index (χ0n) is 11.7.